The first-order chi connectivity index (χ1) is 9.72. The minimum absolute atomic E-state index is 0.0233. The van der Waals surface area contributed by atoms with Crippen LogP contribution in [0.1, 0.15) is 25.5 Å². The molecule has 0 radical (unpaired) electrons. The van der Waals surface area contributed by atoms with Gasteiger partial charge in [-0.1, -0.05) is 19.4 Å². The Labute approximate surface area is 118 Å². The van der Waals surface area contributed by atoms with Gasteiger partial charge in [-0.3, -0.25) is 4.79 Å². The van der Waals surface area contributed by atoms with E-state index in [2.05, 4.69) is 17.2 Å². The maximum atomic E-state index is 11.9. The van der Waals surface area contributed by atoms with Crippen molar-refractivity contribution in [3.05, 3.63) is 36.3 Å². The standard InChI is InChI=1S/C15H21N3O2/c1-2-12(6-8-19)10-16-15(20)9-13-11-18-7-4-3-5-14(18)17-13/h3-5,7,11-12,19H,2,6,8-10H2,1H3,(H,16,20). The molecule has 0 aliphatic heterocycles. The van der Waals surface area contributed by atoms with E-state index in [4.69, 9.17) is 5.11 Å². The van der Waals surface area contributed by atoms with Crippen molar-refractivity contribution in [1.82, 2.24) is 14.7 Å². The molecule has 20 heavy (non-hydrogen) atoms. The number of hydrogen-bond donors (Lipinski definition) is 2. The minimum atomic E-state index is -0.0233. The van der Waals surface area contributed by atoms with Gasteiger partial charge < -0.3 is 14.8 Å². The number of carbonyl (C=O) groups is 1. The third-order valence-corrected chi connectivity index (χ3v) is 3.46. The van der Waals surface area contributed by atoms with Gasteiger partial charge in [-0.25, -0.2) is 4.98 Å². The Morgan fingerprint density at radius 2 is 2.35 bits per heavy atom. The predicted molar refractivity (Wildman–Crippen MR) is 77.4 cm³/mol. The van der Waals surface area contributed by atoms with Gasteiger partial charge in [0.15, 0.2) is 0 Å². The van der Waals surface area contributed by atoms with E-state index in [0.29, 0.717) is 12.5 Å². The molecule has 0 aliphatic carbocycles. The van der Waals surface area contributed by atoms with Gasteiger partial charge in [-0.2, -0.15) is 0 Å². The zero-order chi connectivity index (χ0) is 14.4. The summed E-state index contributed by atoms with van der Waals surface area (Å²) in [5.41, 5.74) is 1.62. The number of fused-ring (bicyclic) bond motifs is 1. The van der Waals surface area contributed by atoms with Gasteiger partial charge in [0.25, 0.3) is 0 Å². The summed E-state index contributed by atoms with van der Waals surface area (Å²) in [7, 11) is 0. The molecule has 0 aromatic carbocycles. The summed E-state index contributed by atoms with van der Waals surface area (Å²) in [5.74, 6) is 0.315. The van der Waals surface area contributed by atoms with Crippen molar-refractivity contribution in [3.8, 4) is 0 Å². The molecule has 2 N–H and O–H groups in total. The number of aliphatic hydroxyl groups is 1. The zero-order valence-corrected chi connectivity index (χ0v) is 11.7. The lowest BCUT2D eigenvalue weighted by molar-refractivity contribution is -0.120. The van der Waals surface area contributed by atoms with Gasteiger partial charge in [0, 0.05) is 25.5 Å². The number of carbonyl (C=O) groups excluding carboxylic acids is 1. The maximum absolute atomic E-state index is 11.9. The van der Waals surface area contributed by atoms with Crippen molar-refractivity contribution < 1.29 is 9.90 Å². The van der Waals surface area contributed by atoms with Crippen molar-refractivity contribution in [2.45, 2.75) is 26.2 Å². The van der Waals surface area contributed by atoms with Gasteiger partial charge in [-0.05, 0) is 24.5 Å². The fourth-order valence-electron chi connectivity index (χ4n) is 2.19. The molecular formula is C15H21N3O2. The first-order valence-electron chi connectivity index (χ1n) is 7.03. The second-order valence-electron chi connectivity index (χ2n) is 4.97. The number of hydrogen-bond acceptors (Lipinski definition) is 3. The molecule has 0 bridgehead atoms. The van der Waals surface area contributed by atoms with Crippen LogP contribution in [0.15, 0.2) is 30.6 Å². The molecule has 5 heteroatoms. The summed E-state index contributed by atoms with van der Waals surface area (Å²) in [5, 5.41) is 11.8. The Bertz CT molecular complexity index is 532. The van der Waals surface area contributed by atoms with Crippen LogP contribution in [0.5, 0.6) is 0 Å². The molecule has 0 saturated carbocycles. The lowest BCUT2D eigenvalue weighted by atomic mass is 10.0. The van der Waals surface area contributed by atoms with Crippen molar-refractivity contribution in [1.29, 1.82) is 0 Å². The predicted octanol–water partition coefficient (Wildman–Crippen LogP) is 1.40. The van der Waals surface area contributed by atoms with E-state index >= 15 is 0 Å². The molecule has 1 unspecified atom stereocenters. The van der Waals surface area contributed by atoms with Crippen LogP contribution in [0, 0.1) is 5.92 Å². The summed E-state index contributed by atoms with van der Waals surface area (Å²) < 4.78 is 1.91. The second kappa shape index (κ2) is 7.05. The Morgan fingerprint density at radius 3 is 3.05 bits per heavy atom. The van der Waals surface area contributed by atoms with E-state index in [9.17, 15) is 4.79 Å². The summed E-state index contributed by atoms with van der Waals surface area (Å²) >= 11 is 0. The minimum Gasteiger partial charge on any atom is -0.396 e. The van der Waals surface area contributed by atoms with Crippen molar-refractivity contribution >= 4 is 11.6 Å². The van der Waals surface area contributed by atoms with E-state index in [1.165, 1.54) is 0 Å². The molecule has 2 heterocycles. The third kappa shape index (κ3) is 3.81. The largest absolute Gasteiger partial charge is 0.396 e. The zero-order valence-electron chi connectivity index (χ0n) is 11.7. The Kier molecular flexibility index (Phi) is 5.12. The van der Waals surface area contributed by atoms with Crippen LogP contribution in [-0.4, -0.2) is 33.6 Å². The van der Waals surface area contributed by atoms with Gasteiger partial charge in [0.2, 0.25) is 5.91 Å². The van der Waals surface area contributed by atoms with Crippen LogP contribution in [0.2, 0.25) is 0 Å². The molecule has 0 saturated heterocycles. The Hall–Kier alpha value is -1.88. The summed E-state index contributed by atoms with van der Waals surface area (Å²) in [6, 6.07) is 5.77. The summed E-state index contributed by atoms with van der Waals surface area (Å²) in [4.78, 5) is 16.3. The Morgan fingerprint density at radius 1 is 1.50 bits per heavy atom. The van der Waals surface area contributed by atoms with Crippen LogP contribution < -0.4 is 5.32 Å². The van der Waals surface area contributed by atoms with Crippen LogP contribution in [0.3, 0.4) is 0 Å². The number of nitrogens with one attached hydrogen (secondary N) is 1. The smallest absolute Gasteiger partial charge is 0.226 e. The molecule has 5 nitrogen and oxygen atoms in total. The quantitative estimate of drug-likeness (QED) is 0.802. The Balaban J connectivity index is 1.87. The van der Waals surface area contributed by atoms with E-state index in [0.717, 1.165) is 24.2 Å². The first kappa shape index (κ1) is 14.5. The highest BCUT2D eigenvalue weighted by Gasteiger charge is 2.10. The number of rotatable bonds is 7. The van der Waals surface area contributed by atoms with Crippen molar-refractivity contribution in [2.75, 3.05) is 13.2 Å². The molecule has 0 spiro atoms. The van der Waals surface area contributed by atoms with E-state index < -0.39 is 0 Å². The number of imidazole rings is 1. The fraction of sp³-hybridized carbons (Fsp3) is 0.467. The monoisotopic (exact) mass is 275 g/mol. The molecule has 108 valence electrons. The molecule has 2 aromatic heterocycles. The molecule has 0 aliphatic rings. The highest BCUT2D eigenvalue weighted by atomic mass is 16.3. The van der Waals surface area contributed by atoms with Crippen molar-refractivity contribution in [2.24, 2.45) is 5.92 Å². The van der Waals surface area contributed by atoms with E-state index in [1.54, 1.807) is 0 Å². The first-order valence-corrected chi connectivity index (χ1v) is 7.03. The topological polar surface area (TPSA) is 66.6 Å². The maximum Gasteiger partial charge on any atom is 0.226 e. The van der Waals surface area contributed by atoms with Gasteiger partial charge in [0.05, 0.1) is 12.1 Å². The van der Waals surface area contributed by atoms with Crippen LogP contribution >= 0.6 is 0 Å². The number of amides is 1. The normalized spacial score (nSPS) is 12.5. The lowest BCUT2D eigenvalue weighted by Gasteiger charge is -2.13. The second-order valence-corrected chi connectivity index (χ2v) is 4.97. The summed E-state index contributed by atoms with van der Waals surface area (Å²) in [6.45, 7) is 2.85. The van der Waals surface area contributed by atoms with Crippen LogP contribution in [0.25, 0.3) is 5.65 Å². The van der Waals surface area contributed by atoms with Crippen molar-refractivity contribution in [3.63, 3.8) is 0 Å². The molecule has 1 atom stereocenters. The SMILES string of the molecule is CCC(CCO)CNC(=O)Cc1cn2ccccc2n1. The number of pyridine rings is 1. The van der Waals surface area contributed by atoms with Crippen LogP contribution in [0.4, 0.5) is 0 Å². The average Bonchev–Trinajstić information content (AvgIpc) is 2.85. The molecule has 1 amide bonds. The molecule has 2 rings (SSSR count). The highest BCUT2D eigenvalue weighted by molar-refractivity contribution is 5.78. The fourth-order valence-corrected chi connectivity index (χ4v) is 2.19. The lowest BCUT2D eigenvalue weighted by Crippen LogP contribution is -2.30. The molecular weight excluding hydrogens is 254 g/mol. The number of aromatic nitrogens is 2. The van der Waals surface area contributed by atoms with Crippen LogP contribution in [-0.2, 0) is 11.2 Å². The number of aliphatic hydroxyl groups excluding tert-OH is 1. The van der Waals surface area contributed by atoms with E-state index in [1.807, 2.05) is 35.0 Å². The molecule has 0 fully saturated rings. The van der Waals surface area contributed by atoms with Gasteiger partial charge in [-0.15, -0.1) is 0 Å². The van der Waals surface area contributed by atoms with Gasteiger partial charge >= 0.3 is 0 Å². The van der Waals surface area contributed by atoms with Gasteiger partial charge in [0.1, 0.15) is 5.65 Å². The summed E-state index contributed by atoms with van der Waals surface area (Å²) in [6.07, 6.45) is 5.76. The average molecular weight is 275 g/mol. The third-order valence-electron chi connectivity index (χ3n) is 3.46. The molecule has 2 aromatic rings. The number of nitrogens with zero attached hydrogens (tertiary/aromatic N) is 2. The highest BCUT2D eigenvalue weighted by Crippen LogP contribution is 2.07. The van der Waals surface area contributed by atoms with E-state index in [-0.39, 0.29) is 18.9 Å².